The molecule has 0 aliphatic rings. The number of hydrogen-bond donors (Lipinski definition) is 2. The molecule has 0 spiro atoms. The maximum Gasteiger partial charge on any atom is 0.282 e. The van der Waals surface area contributed by atoms with E-state index in [-0.39, 0.29) is 21.7 Å². The minimum Gasteiger partial charge on any atom is -0.322 e. The van der Waals surface area contributed by atoms with Gasteiger partial charge in [0.1, 0.15) is 5.56 Å². The molecule has 0 aliphatic heterocycles. The molecular formula is C22H19N3O6S. The first-order chi connectivity index (χ1) is 15.1. The lowest BCUT2D eigenvalue weighted by Crippen LogP contribution is -2.15. The number of rotatable bonds is 6. The topological polar surface area (TPSA) is 135 Å². The summed E-state index contributed by atoms with van der Waals surface area (Å²) in [5.41, 5.74) is 1.28. The summed E-state index contributed by atoms with van der Waals surface area (Å²) in [5, 5.41) is 16.4. The Hall–Kier alpha value is -4.05. The van der Waals surface area contributed by atoms with E-state index in [4.69, 9.17) is 0 Å². The van der Waals surface area contributed by atoms with Crippen LogP contribution < -0.4 is 10.6 Å². The highest BCUT2D eigenvalue weighted by Crippen LogP contribution is 2.23. The second-order valence-corrected chi connectivity index (χ2v) is 9.03. The average molecular weight is 453 g/mol. The molecule has 0 aliphatic carbocycles. The van der Waals surface area contributed by atoms with Gasteiger partial charge in [0, 0.05) is 29.3 Å². The molecule has 0 radical (unpaired) electrons. The van der Waals surface area contributed by atoms with E-state index >= 15 is 0 Å². The van der Waals surface area contributed by atoms with Gasteiger partial charge in [-0.3, -0.25) is 19.7 Å². The minimum atomic E-state index is -3.45. The van der Waals surface area contributed by atoms with Crippen molar-refractivity contribution in [2.24, 2.45) is 0 Å². The summed E-state index contributed by atoms with van der Waals surface area (Å²) >= 11 is 0. The van der Waals surface area contributed by atoms with E-state index in [1.165, 1.54) is 48.5 Å². The van der Waals surface area contributed by atoms with Gasteiger partial charge in [-0.2, -0.15) is 0 Å². The number of hydrogen-bond acceptors (Lipinski definition) is 6. The second-order valence-electron chi connectivity index (χ2n) is 7.01. The summed E-state index contributed by atoms with van der Waals surface area (Å²) in [6.07, 6.45) is 1.06. The number of nitrogens with one attached hydrogen (secondary N) is 2. The highest BCUT2D eigenvalue weighted by atomic mass is 32.2. The van der Waals surface area contributed by atoms with Gasteiger partial charge in [-0.1, -0.05) is 18.2 Å². The molecule has 2 N–H and O–H groups in total. The Balaban J connectivity index is 1.77. The van der Waals surface area contributed by atoms with E-state index in [2.05, 4.69) is 10.6 Å². The number of nitro benzene ring substituents is 1. The summed E-state index contributed by atoms with van der Waals surface area (Å²) in [7, 11) is -3.45. The third kappa shape index (κ3) is 5.16. The van der Waals surface area contributed by atoms with E-state index in [9.17, 15) is 28.1 Å². The highest BCUT2D eigenvalue weighted by molar-refractivity contribution is 7.90. The molecule has 0 unspecified atom stereocenters. The van der Waals surface area contributed by atoms with E-state index in [1.807, 2.05) is 0 Å². The second kappa shape index (κ2) is 8.98. The van der Waals surface area contributed by atoms with E-state index in [1.54, 1.807) is 25.1 Å². The van der Waals surface area contributed by atoms with Gasteiger partial charge in [-0.15, -0.1) is 0 Å². The zero-order valence-electron chi connectivity index (χ0n) is 17.2. The van der Waals surface area contributed by atoms with Crippen LogP contribution in [0.4, 0.5) is 17.1 Å². The van der Waals surface area contributed by atoms with Crippen molar-refractivity contribution in [2.75, 3.05) is 16.9 Å². The maximum absolute atomic E-state index is 12.6. The Morgan fingerprint density at radius 1 is 0.906 bits per heavy atom. The predicted molar refractivity (Wildman–Crippen MR) is 120 cm³/mol. The molecule has 0 fully saturated rings. The Morgan fingerprint density at radius 2 is 1.62 bits per heavy atom. The van der Waals surface area contributed by atoms with Crippen LogP contribution in [0.3, 0.4) is 0 Å². The standard InChI is InChI=1S/C22H19N3O6S/c1-14-12-16(23-22(27)18-8-3-4-9-20(18)25(28)29)10-11-19(14)24-21(26)15-6-5-7-17(13-15)32(2,30)31/h3-13H,1-2H3,(H,23,27)(H,24,26). The zero-order valence-corrected chi connectivity index (χ0v) is 18.0. The van der Waals surface area contributed by atoms with E-state index < -0.39 is 26.6 Å². The summed E-state index contributed by atoms with van der Waals surface area (Å²) in [5.74, 6) is -1.12. The average Bonchev–Trinajstić information content (AvgIpc) is 2.75. The van der Waals surface area contributed by atoms with Crippen LogP contribution in [0.5, 0.6) is 0 Å². The van der Waals surface area contributed by atoms with Crippen LogP contribution in [-0.2, 0) is 9.84 Å². The van der Waals surface area contributed by atoms with Crippen molar-refractivity contribution in [3.63, 3.8) is 0 Å². The summed E-state index contributed by atoms with van der Waals surface area (Å²) < 4.78 is 23.4. The molecule has 3 aromatic carbocycles. The maximum atomic E-state index is 12.6. The number of nitrogens with zero attached hydrogens (tertiary/aromatic N) is 1. The van der Waals surface area contributed by atoms with Gasteiger partial charge >= 0.3 is 0 Å². The lowest BCUT2D eigenvalue weighted by atomic mass is 10.1. The third-order valence-electron chi connectivity index (χ3n) is 4.60. The third-order valence-corrected chi connectivity index (χ3v) is 5.71. The number of carbonyl (C=O) groups is 2. The van der Waals surface area contributed by atoms with Gasteiger partial charge in [-0.05, 0) is 55.0 Å². The number of amides is 2. The molecule has 10 heteroatoms. The molecule has 9 nitrogen and oxygen atoms in total. The molecular weight excluding hydrogens is 434 g/mol. The summed E-state index contributed by atoms with van der Waals surface area (Å²) in [6, 6.07) is 16.0. The van der Waals surface area contributed by atoms with Crippen LogP contribution in [0.25, 0.3) is 0 Å². The lowest BCUT2D eigenvalue weighted by molar-refractivity contribution is -0.385. The first-order valence-corrected chi connectivity index (χ1v) is 11.2. The van der Waals surface area contributed by atoms with Crippen molar-refractivity contribution < 1.29 is 22.9 Å². The molecule has 3 rings (SSSR count). The number of carbonyl (C=O) groups excluding carboxylic acids is 2. The van der Waals surface area contributed by atoms with Gasteiger partial charge in [0.05, 0.1) is 9.82 Å². The predicted octanol–water partition coefficient (Wildman–Crippen LogP) is 3.81. The van der Waals surface area contributed by atoms with Gasteiger partial charge in [0.2, 0.25) is 0 Å². The van der Waals surface area contributed by atoms with Gasteiger partial charge < -0.3 is 10.6 Å². The first-order valence-electron chi connectivity index (χ1n) is 9.33. The molecule has 0 heterocycles. The number of anilines is 2. The molecule has 0 bridgehead atoms. The van der Waals surface area contributed by atoms with Crippen molar-refractivity contribution in [3.8, 4) is 0 Å². The summed E-state index contributed by atoms with van der Waals surface area (Å²) in [4.78, 5) is 35.6. The fraction of sp³-hybridized carbons (Fsp3) is 0.0909. The smallest absolute Gasteiger partial charge is 0.282 e. The molecule has 164 valence electrons. The van der Waals surface area contributed by atoms with Gasteiger partial charge in [0.25, 0.3) is 17.5 Å². The van der Waals surface area contributed by atoms with Crippen LogP contribution in [0, 0.1) is 17.0 Å². The number of benzene rings is 3. The number of nitro groups is 1. The van der Waals surface area contributed by atoms with E-state index in [0.717, 1.165) is 6.26 Å². The quantitative estimate of drug-likeness (QED) is 0.430. The Kier molecular flexibility index (Phi) is 6.35. The Labute approximate surface area is 184 Å². The largest absolute Gasteiger partial charge is 0.322 e. The fourth-order valence-electron chi connectivity index (χ4n) is 2.97. The Bertz CT molecular complexity index is 1330. The number of para-hydroxylation sites is 1. The number of aryl methyl sites for hydroxylation is 1. The van der Waals surface area contributed by atoms with Crippen LogP contribution in [0.1, 0.15) is 26.3 Å². The molecule has 0 saturated heterocycles. The zero-order chi connectivity index (χ0) is 23.5. The van der Waals surface area contributed by atoms with Crippen molar-refractivity contribution in [1.82, 2.24) is 0 Å². The van der Waals surface area contributed by atoms with Crippen molar-refractivity contribution in [1.29, 1.82) is 0 Å². The van der Waals surface area contributed by atoms with Crippen molar-refractivity contribution in [3.05, 3.63) is 93.5 Å². The lowest BCUT2D eigenvalue weighted by Gasteiger charge is -2.12. The molecule has 0 aromatic heterocycles. The normalized spacial score (nSPS) is 10.9. The van der Waals surface area contributed by atoms with Crippen LogP contribution in [0.15, 0.2) is 71.6 Å². The minimum absolute atomic E-state index is 0.0370. The highest BCUT2D eigenvalue weighted by Gasteiger charge is 2.19. The summed E-state index contributed by atoms with van der Waals surface area (Å²) in [6.45, 7) is 1.71. The van der Waals surface area contributed by atoms with Crippen LogP contribution in [-0.4, -0.2) is 31.4 Å². The monoisotopic (exact) mass is 453 g/mol. The van der Waals surface area contributed by atoms with E-state index in [0.29, 0.717) is 16.9 Å². The van der Waals surface area contributed by atoms with Gasteiger partial charge in [0.15, 0.2) is 9.84 Å². The molecule has 2 amide bonds. The molecule has 3 aromatic rings. The Morgan fingerprint density at radius 3 is 2.28 bits per heavy atom. The van der Waals surface area contributed by atoms with Crippen LogP contribution >= 0.6 is 0 Å². The fourth-order valence-corrected chi connectivity index (χ4v) is 3.63. The van der Waals surface area contributed by atoms with Crippen molar-refractivity contribution in [2.45, 2.75) is 11.8 Å². The molecule has 0 atom stereocenters. The first kappa shape index (κ1) is 22.6. The molecule has 0 saturated carbocycles. The number of sulfone groups is 1. The van der Waals surface area contributed by atoms with Crippen molar-refractivity contribution >= 4 is 38.7 Å². The SMILES string of the molecule is Cc1cc(NC(=O)c2ccccc2[N+](=O)[O-])ccc1NC(=O)c1cccc(S(C)(=O)=O)c1. The van der Waals surface area contributed by atoms with Gasteiger partial charge in [-0.25, -0.2) is 8.42 Å². The van der Waals surface area contributed by atoms with Crippen LogP contribution in [0.2, 0.25) is 0 Å². The molecule has 32 heavy (non-hydrogen) atoms.